The topological polar surface area (TPSA) is 66.8 Å². The van der Waals surface area contributed by atoms with Crippen LogP contribution in [-0.2, 0) is 4.79 Å². The Morgan fingerprint density at radius 3 is 2.39 bits per heavy atom. The molecular weight excluding hydrogens is 395 g/mol. The predicted octanol–water partition coefficient (Wildman–Crippen LogP) is 6.63. The maximum atomic E-state index is 13.4. The molecule has 0 atom stereocenters. The Labute approximate surface area is 178 Å². The van der Waals surface area contributed by atoms with Gasteiger partial charge in [0.25, 0.3) is 0 Å². The molecule has 0 aliphatic carbocycles. The fourth-order valence-electron chi connectivity index (χ4n) is 3.32. The maximum Gasteiger partial charge on any atom is 0.307 e. The van der Waals surface area contributed by atoms with E-state index in [-0.39, 0.29) is 18.0 Å². The summed E-state index contributed by atoms with van der Waals surface area (Å²) < 4.78 is 19.7. The summed E-state index contributed by atoms with van der Waals surface area (Å²) in [6.07, 6.45) is 3.28. The van der Waals surface area contributed by atoms with Crippen LogP contribution in [0, 0.1) is 5.82 Å². The van der Waals surface area contributed by atoms with Crippen LogP contribution in [0.3, 0.4) is 0 Å². The standard InChI is InChI=1S/C26H19FO4/c27-20-9-6-18(7-10-20)23-14-8-19-16-21(28)11-15-24(19)26(23)31-22-12-4-17(5-13-22)2-1-3-25(29)30/h1-2,4-16,28H,3H2,(H,29,30). The van der Waals surface area contributed by atoms with E-state index < -0.39 is 5.97 Å². The molecule has 4 nitrogen and oxygen atoms in total. The molecule has 154 valence electrons. The van der Waals surface area contributed by atoms with E-state index >= 15 is 0 Å². The van der Waals surface area contributed by atoms with E-state index in [1.54, 1.807) is 54.6 Å². The molecule has 0 aromatic heterocycles. The van der Waals surface area contributed by atoms with Crippen molar-refractivity contribution in [2.75, 3.05) is 0 Å². The number of benzene rings is 4. The number of rotatable bonds is 6. The molecule has 0 fully saturated rings. The summed E-state index contributed by atoms with van der Waals surface area (Å²) >= 11 is 0. The van der Waals surface area contributed by atoms with E-state index in [2.05, 4.69) is 0 Å². The molecule has 4 rings (SSSR count). The number of ether oxygens (including phenoxy) is 1. The van der Waals surface area contributed by atoms with E-state index in [0.717, 1.165) is 27.5 Å². The van der Waals surface area contributed by atoms with Gasteiger partial charge in [-0.1, -0.05) is 42.5 Å². The van der Waals surface area contributed by atoms with Crippen molar-refractivity contribution >= 4 is 22.8 Å². The normalized spacial score (nSPS) is 11.1. The third kappa shape index (κ3) is 4.73. The Bertz CT molecular complexity index is 1260. The van der Waals surface area contributed by atoms with Crippen molar-refractivity contribution in [3.05, 3.63) is 96.3 Å². The molecule has 0 radical (unpaired) electrons. The Balaban J connectivity index is 1.73. The molecule has 0 heterocycles. The molecule has 4 aromatic rings. The van der Waals surface area contributed by atoms with Crippen LogP contribution in [0.2, 0.25) is 0 Å². The number of carbonyl (C=O) groups is 1. The Kier molecular flexibility index (Phi) is 5.67. The van der Waals surface area contributed by atoms with Crippen molar-refractivity contribution in [3.63, 3.8) is 0 Å². The van der Waals surface area contributed by atoms with E-state index in [1.165, 1.54) is 12.1 Å². The highest BCUT2D eigenvalue weighted by atomic mass is 19.1. The van der Waals surface area contributed by atoms with E-state index in [1.807, 2.05) is 24.3 Å². The van der Waals surface area contributed by atoms with Gasteiger partial charge in [-0.2, -0.15) is 0 Å². The summed E-state index contributed by atoms with van der Waals surface area (Å²) in [6, 6.07) is 22.3. The SMILES string of the molecule is O=C(O)CC=Cc1ccc(Oc2c(-c3ccc(F)cc3)ccc3cc(O)ccc23)cc1. The van der Waals surface area contributed by atoms with Gasteiger partial charge >= 0.3 is 5.97 Å². The van der Waals surface area contributed by atoms with Gasteiger partial charge in [-0.15, -0.1) is 0 Å². The van der Waals surface area contributed by atoms with Crippen LogP contribution in [-0.4, -0.2) is 16.2 Å². The first-order chi connectivity index (χ1) is 15.0. The van der Waals surface area contributed by atoms with Crippen LogP contribution in [0.1, 0.15) is 12.0 Å². The van der Waals surface area contributed by atoms with Gasteiger partial charge in [-0.3, -0.25) is 4.79 Å². The van der Waals surface area contributed by atoms with Gasteiger partial charge in [-0.25, -0.2) is 4.39 Å². The summed E-state index contributed by atoms with van der Waals surface area (Å²) in [7, 11) is 0. The average Bonchev–Trinajstić information content (AvgIpc) is 2.75. The lowest BCUT2D eigenvalue weighted by Crippen LogP contribution is -1.91. The zero-order valence-corrected chi connectivity index (χ0v) is 16.5. The van der Waals surface area contributed by atoms with Crippen molar-refractivity contribution in [3.8, 4) is 28.4 Å². The summed E-state index contributed by atoms with van der Waals surface area (Å²) in [5.41, 5.74) is 2.46. The molecule has 0 saturated carbocycles. The molecule has 0 unspecified atom stereocenters. The average molecular weight is 414 g/mol. The van der Waals surface area contributed by atoms with Gasteiger partial charge in [0.1, 0.15) is 23.1 Å². The summed E-state index contributed by atoms with van der Waals surface area (Å²) in [5, 5.41) is 20.2. The molecule has 0 aliphatic rings. The smallest absolute Gasteiger partial charge is 0.307 e. The minimum Gasteiger partial charge on any atom is -0.508 e. The number of fused-ring (bicyclic) bond motifs is 1. The molecule has 0 spiro atoms. The van der Waals surface area contributed by atoms with E-state index in [4.69, 9.17) is 9.84 Å². The number of phenols is 1. The van der Waals surface area contributed by atoms with Gasteiger partial charge in [0.2, 0.25) is 0 Å². The van der Waals surface area contributed by atoms with Crippen LogP contribution in [0.5, 0.6) is 17.2 Å². The zero-order chi connectivity index (χ0) is 21.8. The van der Waals surface area contributed by atoms with Crippen molar-refractivity contribution in [1.29, 1.82) is 0 Å². The first-order valence-electron chi connectivity index (χ1n) is 9.67. The van der Waals surface area contributed by atoms with E-state index in [9.17, 15) is 14.3 Å². The lowest BCUT2D eigenvalue weighted by molar-refractivity contribution is -0.135. The molecule has 31 heavy (non-hydrogen) atoms. The molecule has 0 amide bonds. The molecule has 0 aliphatic heterocycles. The van der Waals surface area contributed by atoms with E-state index in [0.29, 0.717) is 11.5 Å². The number of hydrogen-bond donors (Lipinski definition) is 2. The number of carboxylic acid groups (broad SMARTS) is 1. The first kappa shape index (κ1) is 20.2. The van der Waals surface area contributed by atoms with Crippen LogP contribution in [0.4, 0.5) is 4.39 Å². The van der Waals surface area contributed by atoms with Crippen LogP contribution in [0.15, 0.2) is 84.9 Å². The van der Waals surface area contributed by atoms with Gasteiger partial charge in [-0.05, 0) is 65.0 Å². The Hall–Kier alpha value is -4.12. The quantitative estimate of drug-likeness (QED) is 0.371. The number of aromatic hydroxyl groups is 1. The highest BCUT2D eigenvalue weighted by Gasteiger charge is 2.13. The summed E-state index contributed by atoms with van der Waals surface area (Å²) in [6.45, 7) is 0. The minimum atomic E-state index is -0.883. The fraction of sp³-hybridized carbons (Fsp3) is 0.0385. The minimum absolute atomic E-state index is 0.0396. The summed E-state index contributed by atoms with van der Waals surface area (Å²) in [5.74, 6) is 0.151. The van der Waals surface area contributed by atoms with Crippen LogP contribution < -0.4 is 4.74 Å². The summed E-state index contributed by atoms with van der Waals surface area (Å²) in [4.78, 5) is 10.6. The number of hydrogen-bond acceptors (Lipinski definition) is 3. The molecule has 5 heteroatoms. The van der Waals surface area contributed by atoms with Gasteiger partial charge in [0.05, 0.1) is 6.42 Å². The highest BCUT2D eigenvalue weighted by Crippen LogP contribution is 2.40. The number of aliphatic carboxylic acids is 1. The largest absolute Gasteiger partial charge is 0.508 e. The Morgan fingerprint density at radius 2 is 1.68 bits per heavy atom. The number of phenolic OH excluding ortho intramolecular Hbond substituents is 1. The molecule has 0 bridgehead atoms. The van der Waals surface area contributed by atoms with Gasteiger partial charge in [0.15, 0.2) is 0 Å². The highest BCUT2D eigenvalue weighted by molar-refractivity contribution is 5.96. The van der Waals surface area contributed by atoms with Crippen molar-refractivity contribution < 1.29 is 24.1 Å². The fourth-order valence-corrected chi connectivity index (χ4v) is 3.32. The zero-order valence-electron chi connectivity index (χ0n) is 16.5. The number of carboxylic acids is 1. The molecular formula is C26H19FO4. The third-order valence-electron chi connectivity index (χ3n) is 4.81. The second-order valence-corrected chi connectivity index (χ2v) is 7.03. The van der Waals surface area contributed by atoms with Gasteiger partial charge in [0, 0.05) is 10.9 Å². The molecule has 4 aromatic carbocycles. The van der Waals surface area contributed by atoms with Crippen molar-refractivity contribution in [2.45, 2.75) is 6.42 Å². The Morgan fingerprint density at radius 1 is 0.935 bits per heavy atom. The molecule has 0 saturated heterocycles. The number of halogens is 1. The lowest BCUT2D eigenvalue weighted by atomic mass is 9.99. The lowest BCUT2D eigenvalue weighted by Gasteiger charge is -2.15. The van der Waals surface area contributed by atoms with Crippen molar-refractivity contribution in [1.82, 2.24) is 0 Å². The van der Waals surface area contributed by atoms with Gasteiger partial charge < -0.3 is 14.9 Å². The predicted molar refractivity (Wildman–Crippen MR) is 119 cm³/mol. The second-order valence-electron chi connectivity index (χ2n) is 7.03. The van der Waals surface area contributed by atoms with Crippen molar-refractivity contribution in [2.24, 2.45) is 0 Å². The monoisotopic (exact) mass is 414 g/mol. The maximum absolute atomic E-state index is 13.4. The van der Waals surface area contributed by atoms with Crippen LogP contribution in [0.25, 0.3) is 28.0 Å². The third-order valence-corrected chi connectivity index (χ3v) is 4.81. The molecule has 2 N–H and O–H groups in total. The van der Waals surface area contributed by atoms with Crippen LogP contribution >= 0.6 is 0 Å². The second kappa shape index (κ2) is 8.71. The first-order valence-corrected chi connectivity index (χ1v) is 9.67.